The molecule has 0 atom stereocenters. The average molecular weight is 535 g/mol. The summed E-state index contributed by atoms with van der Waals surface area (Å²) in [6.07, 6.45) is 1.17. The Balaban J connectivity index is 1.33. The van der Waals surface area contributed by atoms with E-state index in [1.807, 2.05) is 48.5 Å². The van der Waals surface area contributed by atoms with Gasteiger partial charge < -0.3 is 19.8 Å². The number of carboxylic acid groups (broad SMARTS) is 1. The molecule has 0 aliphatic carbocycles. The molecule has 0 unspecified atom stereocenters. The number of rotatable bonds is 12. The molecule has 0 spiro atoms. The van der Waals surface area contributed by atoms with Crippen molar-refractivity contribution in [3.63, 3.8) is 0 Å². The van der Waals surface area contributed by atoms with Crippen molar-refractivity contribution in [3.05, 3.63) is 93.6 Å². The van der Waals surface area contributed by atoms with Gasteiger partial charge in [0.15, 0.2) is 0 Å². The normalized spacial score (nSPS) is 12.0. The molecule has 38 heavy (non-hydrogen) atoms. The second kappa shape index (κ2) is 12.0. The van der Waals surface area contributed by atoms with Crippen LogP contribution in [-0.2, 0) is 11.3 Å². The van der Waals surface area contributed by atoms with Crippen molar-refractivity contribution in [2.24, 2.45) is 10.6 Å². The first-order chi connectivity index (χ1) is 18.3. The third-order valence-electron chi connectivity index (χ3n) is 6.29. The lowest BCUT2D eigenvalue weighted by molar-refractivity contribution is -0.147. The number of oxime groups is 1. The van der Waals surface area contributed by atoms with Crippen LogP contribution in [-0.4, -0.2) is 39.8 Å². The first kappa shape index (κ1) is 26.9. The van der Waals surface area contributed by atoms with Crippen LogP contribution in [0.25, 0.3) is 10.2 Å². The van der Waals surface area contributed by atoms with E-state index in [0.717, 1.165) is 32.7 Å². The minimum Gasteiger partial charge on any atom is -0.494 e. The van der Waals surface area contributed by atoms with Crippen LogP contribution in [0.1, 0.15) is 37.8 Å². The molecule has 0 amide bonds. The smallest absolute Gasteiger partial charge is 0.309 e. The highest BCUT2D eigenvalue weighted by Gasteiger charge is 2.26. The van der Waals surface area contributed by atoms with Crippen molar-refractivity contribution in [2.45, 2.75) is 33.2 Å². The summed E-state index contributed by atoms with van der Waals surface area (Å²) >= 11 is 1.14. The van der Waals surface area contributed by atoms with E-state index >= 15 is 0 Å². The predicted octanol–water partition coefficient (Wildman–Crippen LogP) is 5.64. The third kappa shape index (κ3) is 6.41. The molecular weight excluding hydrogens is 504 g/mol. The van der Waals surface area contributed by atoms with Gasteiger partial charge in [-0.05, 0) is 63.1 Å². The average Bonchev–Trinajstić information content (AvgIpc) is 3.22. The van der Waals surface area contributed by atoms with Gasteiger partial charge in [0.25, 0.3) is 0 Å². The number of aliphatic carboxylic acids is 1. The molecule has 1 aromatic heterocycles. The molecule has 0 bridgehead atoms. The van der Waals surface area contributed by atoms with Crippen LogP contribution in [0.4, 0.5) is 0 Å². The van der Waals surface area contributed by atoms with Crippen molar-refractivity contribution in [1.29, 1.82) is 0 Å². The standard InChI is InChI=1S/C29H30N2O6S/c1-29(2,27(32)33)15-6-17-36-22-10-12-23(13-11-22)37-18-16-31-24-14-9-21(19-25(24)38-28(31)34)26(30-35)20-7-4-3-5-8-20/h3-5,7-14,19,35H,6,15-18H2,1-2H3,(H,32,33). The van der Waals surface area contributed by atoms with E-state index in [2.05, 4.69) is 5.16 Å². The Labute approximate surface area is 224 Å². The summed E-state index contributed by atoms with van der Waals surface area (Å²) in [5.41, 5.74) is 1.99. The minimum atomic E-state index is -0.810. The van der Waals surface area contributed by atoms with Crippen molar-refractivity contribution in [2.75, 3.05) is 13.2 Å². The Morgan fingerprint density at radius 1 is 0.947 bits per heavy atom. The Morgan fingerprint density at radius 2 is 1.61 bits per heavy atom. The monoisotopic (exact) mass is 534 g/mol. The van der Waals surface area contributed by atoms with E-state index in [1.165, 1.54) is 0 Å². The minimum absolute atomic E-state index is 0.0854. The molecule has 0 radical (unpaired) electrons. The number of hydrogen-bond donors (Lipinski definition) is 2. The number of hydrogen-bond acceptors (Lipinski definition) is 7. The molecule has 9 heteroatoms. The number of fused-ring (bicyclic) bond motifs is 1. The van der Waals surface area contributed by atoms with Crippen LogP contribution in [0, 0.1) is 5.41 Å². The molecule has 4 aromatic rings. The van der Waals surface area contributed by atoms with Gasteiger partial charge in [-0.25, -0.2) is 0 Å². The van der Waals surface area contributed by atoms with Gasteiger partial charge in [-0.2, -0.15) is 0 Å². The number of benzene rings is 3. The third-order valence-corrected chi connectivity index (χ3v) is 7.23. The van der Waals surface area contributed by atoms with Crippen molar-refractivity contribution in [3.8, 4) is 11.5 Å². The molecular formula is C29H30N2O6S. The maximum atomic E-state index is 12.7. The maximum absolute atomic E-state index is 12.7. The summed E-state index contributed by atoms with van der Waals surface area (Å²) in [6, 6.07) is 22.2. The van der Waals surface area contributed by atoms with Gasteiger partial charge >= 0.3 is 10.8 Å². The van der Waals surface area contributed by atoms with Gasteiger partial charge in [0.05, 0.1) is 28.8 Å². The molecule has 4 rings (SSSR count). The molecule has 0 saturated carbocycles. The molecule has 0 fully saturated rings. The van der Waals surface area contributed by atoms with Crippen LogP contribution >= 0.6 is 11.3 Å². The van der Waals surface area contributed by atoms with E-state index in [0.29, 0.717) is 49.8 Å². The molecule has 3 aromatic carbocycles. The fraction of sp³-hybridized carbons (Fsp3) is 0.276. The molecule has 198 valence electrons. The Hall–Kier alpha value is -4.11. The largest absolute Gasteiger partial charge is 0.494 e. The number of thiazole rings is 1. The zero-order valence-corrected chi connectivity index (χ0v) is 22.1. The molecule has 0 aliphatic rings. The second-order valence-electron chi connectivity index (χ2n) is 9.48. The number of aromatic nitrogens is 1. The molecule has 8 nitrogen and oxygen atoms in total. The second-order valence-corrected chi connectivity index (χ2v) is 10.5. The van der Waals surface area contributed by atoms with Crippen molar-refractivity contribution < 1.29 is 24.6 Å². The SMILES string of the molecule is CC(C)(CCCOc1ccc(OCCn2c(=O)sc3cc(C(=NO)c4ccccc4)ccc32)cc1)C(=O)O. The number of nitrogens with zero attached hydrogens (tertiary/aromatic N) is 2. The lowest BCUT2D eigenvalue weighted by atomic mass is 9.88. The molecule has 1 heterocycles. The van der Waals surface area contributed by atoms with Crippen LogP contribution < -0.4 is 14.3 Å². The van der Waals surface area contributed by atoms with Crippen molar-refractivity contribution >= 4 is 33.2 Å². The Morgan fingerprint density at radius 3 is 2.24 bits per heavy atom. The van der Waals surface area contributed by atoms with Crippen LogP contribution in [0.3, 0.4) is 0 Å². The molecule has 2 N–H and O–H groups in total. The highest BCUT2D eigenvalue weighted by molar-refractivity contribution is 7.16. The predicted molar refractivity (Wildman–Crippen MR) is 148 cm³/mol. The first-order valence-electron chi connectivity index (χ1n) is 12.3. The summed E-state index contributed by atoms with van der Waals surface area (Å²) in [7, 11) is 0. The van der Waals surface area contributed by atoms with E-state index in [-0.39, 0.29) is 4.87 Å². The van der Waals surface area contributed by atoms with Gasteiger partial charge in [-0.1, -0.05) is 52.9 Å². The quantitative estimate of drug-likeness (QED) is 0.105. The van der Waals surface area contributed by atoms with Gasteiger partial charge in [0, 0.05) is 11.1 Å². The maximum Gasteiger partial charge on any atom is 0.309 e. The number of ether oxygens (including phenoxy) is 2. The van der Waals surface area contributed by atoms with E-state index in [1.54, 1.807) is 42.7 Å². The van der Waals surface area contributed by atoms with Gasteiger partial charge in [-0.3, -0.25) is 14.2 Å². The van der Waals surface area contributed by atoms with Gasteiger partial charge in [0.1, 0.15) is 23.8 Å². The van der Waals surface area contributed by atoms with Crippen LogP contribution in [0.15, 0.2) is 82.7 Å². The highest BCUT2D eigenvalue weighted by atomic mass is 32.1. The zero-order valence-electron chi connectivity index (χ0n) is 21.3. The number of carbonyl (C=O) groups is 1. The molecule has 0 aliphatic heterocycles. The number of carboxylic acids is 1. The summed E-state index contributed by atoms with van der Waals surface area (Å²) in [4.78, 5) is 23.8. The topological polar surface area (TPSA) is 110 Å². The summed E-state index contributed by atoms with van der Waals surface area (Å²) < 4.78 is 14.0. The lowest BCUT2D eigenvalue weighted by Crippen LogP contribution is -2.24. The van der Waals surface area contributed by atoms with E-state index < -0.39 is 11.4 Å². The van der Waals surface area contributed by atoms with E-state index in [4.69, 9.17) is 9.47 Å². The van der Waals surface area contributed by atoms with Gasteiger partial charge in [0.2, 0.25) is 0 Å². The van der Waals surface area contributed by atoms with Gasteiger partial charge in [-0.15, -0.1) is 0 Å². The van der Waals surface area contributed by atoms with Crippen LogP contribution in [0.2, 0.25) is 0 Å². The highest BCUT2D eigenvalue weighted by Crippen LogP contribution is 2.24. The summed E-state index contributed by atoms with van der Waals surface area (Å²) in [5, 5.41) is 22.2. The zero-order chi connectivity index (χ0) is 27.1. The Kier molecular flexibility index (Phi) is 8.48. The Bertz CT molecular complexity index is 1470. The molecule has 0 saturated heterocycles. The lowest BCUT2D eigenvalue weighted by Gasteiger charge is -2.18. The fourth-order valence-electron chi connectivity index (χ4n) is 4.00. The fourth-order valence-corrected chi connectivity index (χ4v) is 4.96. The van der Waals surface area contributed by atoms with Crippen molar-refractivity contribution in [1.82, 2.24) is 4.57 Å². The van der Waals surface area contributed by atoms with E-state index in [9.17, 15) is 19.9 Å². The first-order valence-corrected chi connectivity index (χ1v) is 13.1. The van der Waals surface area contributed by atoms with Crippen LogP contribution in [0.5, 0.6) is 11.5 Å². The summed E-state index contributed by atoms with van der Waals surface area (Å²) in [5.74, 6) is 0.531. The summed E-state index contributed by atoms with van der Waals surface area (Å²) in [6.45, 7) is 4.55.